The molecule has 0 saturated heterocycles. The number of para-hydroxylation sites is 3. The van der Waals surface area contributed by atoms with Crippen LogP contribution in [0.15, 0.2) is 185 Å². The van der Waals surface area contributed by atoms with Crippen molar-refractivity contribution in [2.24, 2.45) is 0 Å². The largest absolute Gasteiger partial charge is 0.456 e. The van der Waals surface area contributed by atoms with Crippen LogP contribution in [0.4, 0.5) is 17.1 Å². The molecule has 2 aromatic heterocycles. The summed E-state index contributed by atoms with van der Waals surface area (Å²) >= 11 is 0. The molecule has 3 saturated carbocycles. The Labute approximate surface area is 438 Å². The van der Waals surface area contributed by atoms with Crippen LogP contribution < -0.4 is 4.90 Å². The molecule has 0 N–H and O–H groups in total. The third-order valence-electron chi connectivity index (χ3n) is 20.0. The van der Waals surface area contributed by atoms with Gasteiger partial charge in [-0.3, -0.25) is 0 Å². The third-order valence-corrected chi connectivity index (χ3v) is 20.0. The van der Waals surface area contributed by atoms with Gasteiger partial charge in [-0.15, -0.1) is 0 Å². The zero-order valence-electron chi connectivity index (χ0n) is 42.6. The van der Waals surface area contributed by atoms with Gasteiger partial charge >= 0.3 is 0 Å². The molecule has 17 rings (SSSR count). The second-order valence-electron chi connectivity index (χ2n) is 23.5. The molecule has 6 aliphatic carbocycles. The lowest BCUT2D eigenvalue weighted by Gasteiger charge is -2.38. The van der Waals surface area contributed by atoms with E-state index in [-0.39, 0.29) is 16.2 Å². The second kappa shape index (κ2) is 15.7. The van der Waals surface area contributed by atoms with Crippen LogP contribution in [0.25, 0.3) is 88.4 Å². The summed E-state index contributed by atoms with van der Waals surface area (Å²) in [6, 6.07) is 67.6. The van der Waals surface area contributed by atoms with Crippen LogP contribution in [-0.2, 0) is 16.2 Å². The highest BCUT2D eigenvalue weighted by molar-refractivity contribution is 6.19. The van der Waals surface area contributed by atoms with Gasteiger partial charge in [0.2, 0.25) is 0 Å². The van der Waals surface area contributed by atoms with Crippen molar-refractivity contribution >= 4 is 60.9 Å². The van der Waals surface area contributed by atoms with Crippen molar-refractivity contribution in [2.75, 3.05) is 4.90 Å². The molecule has 0 radical (unpaired) electrons. The van der Waals surface area contributed by atoms with Crippen LogP contribution in [0.3, 0.4) is 0 Å². The quantitative estimate of drug-likeness (QED) is 0.176. The Kier molecular flexibility index (Phi) is 8.95. The summed E-state index contributed by atoms with van der Waals surface area (Å²) in [4.78, 5) is 2.59. The van der Waals surface area contributed by atoms with Gasteiger partial charge in [0.05, 0.1) is 0 Å². The average Bonchev–Trinajstić information content (AvgIpc) is 4.25. The lowest BCUT2D eigenvalue weighted by atomic mass is 9.66. The topological polar surface area (TPSA) is 29.5 Å². The molecule has 0 amide bonds. The Bertz CT molecular complexity index is 4170. The molecule has 3 heteroatoms. The molecule has 9 aromatic carbocycles. The highest BCUT2D eigenvalue weighted by Gasteiger charge is 2.51. The first-order chi connectivity index (χ1) is 37.1. The zero-order chi connectivity index (χ0) is 49.0. The van der Waals surface area contributed by atoms with Gasteiger partial charge in [0.1, 0.15) is 22.3 Å². The van der Waals surface area contributed by atoms with Crippen molar-refractivity contribution < 1.29 is 8.83 Å². The number of anilines is 3. The number of benzene rings is 9. The minimum absolute atomic E-state index is 0.0273. The van der Waals surface area contributed by atoms with Crippen molar-refractivity contribution in [3.8, 4) is 44.5 Å². The Hall–Kier alpha value is -7.62. The van der Waals surface area contributed by atoms with Crippen LogP contribution in [0.5, 0.6) is 0 Å². The molecule has 0 atom stereocenters. The van der Waals surface area contributed by atoms with Crippen LogP contribution in [0.2, 0.25) is 0 Å². The molecule has 11 aromatic rings. The standard InChI is InChI=1S/C72H59NO2/c1-6-20-45(21-7-1)53-42-61-65(68-52-25-11-13-27-63(52)75-69(53)68)50-31-29-48(41-58(50)72(61)38-18-5-19-39-72)73(46-22-8-2-9-23-46)47-28-30-49-54-43-60-55(44-59(54)71(57(49)40-47)36-16-4-17-37-71)66-56(70(60)34-14-3-15-35-70)32-33-64-67(66)51-24-10-12-26-62(51)74-64/h1-2,6-13,20-33,40-44H,3-5,14-19,34-39H2. The summed E-state index contributed by atoms with van der Waals surface area (Å²) in [5.74, 6) is 0. The summed E-state index contributed by atoms with van der Waals surface area (Å²) in [6.45, 7) is 0. The molecule has 3 nitrogen and oxygen atoms in total. The maximum Gasteiger partial charge on any atom is 0.143 e. The van der Waals surface area contributed by atoms with Gasteiger partial charge in [-0.25, -0.2) is 0 Å². The molecule has 6 aliphatic rings. The molecule has 75 heavy (non-hydrogen) atoms. The lowest BCUT2D eigenvalue weighted by molar-refractivity contribution is 0.350. The maximum absolute atomic E-state index is 6.92. The third kappa shape index (κ3) is 5.72. The summed E-state index contributed by atoms with van der Waals surface area (Å²) in [5, 5.41) is 5.03. The van der Waals surface area contributed by atoms with Gasteiger partial charge in [0.25, 0.3) is 0 Å². The van der Waals surface area contributed by atoms with E-state index in [2.05, 4.69) is 181 Å². The average molecular weight is 970 g/mol. The first kappa shape index (κ1) is 42.7. The summed E-state index contributed by atoms with van der Waals surface area (Å²) < 4.78 is 13.6. The van der Waals surface area contributed by atoms with Gasteiger partial charge < -0.3 is 13.7 Å². The van der Waals surface area contributed by atoms with Crippen LogP contribution in [0, 0.1) is 0 Å². The first-order valence-corrected chi connectivity index (χ1v) is 28.5. The van der Waals surface area contributed by atoms with Gasteiger partial charge in [-0.1, -0.05) is 161 Å². The number of furan rings is 2. The van der Waals surface area contributed by atoms with E-state index in [0.717, 1.165) is 35.2 Å². The predicted octanol–water partition coefficient (Wildman–Crippen LogP) is 20.3. The van der Waals surface area contributed by atoms with E-state index in [1.807, 2.05) is 0 Å². The Morgan fingerprint density at radius 1 is 0.307 bits per heavy atom. The molecular formula is C72H59NO2. The molecule has 0 aliphatic heterocycles. The van der Waals surface area contributed by atoms with Crippen LogP contribution >= 0.6 is 0 Å². The van der Waals surface area contributed by atoms with Crippen LogP contribution in [0.1, 0.15) is 130 Å². The van der Waals surface area contributed by atoms with Crippen molar-refractivity contribution in [3.05, 3.63) is 209 Å². The molecule has 0 unspecified atom stereocenters. The summed E-state index contributed by atoms with van der Waals surface area (Å²) in [5.41, 5.74) is 27.7. The summed E-state index contributed by atoms with van der Waals surface area (Å²) in [6.07, 6.45) is 18.5. The van der Waals surface area contributed by atoms with E-state index in [4.69, 9.17) is 8.83 Å². The van der Waals surface area contributed by atoms with Gasteiger partial charge in [-0.05, 0) is 184 Å². The van der Waals surface area contributed by atoms with Crippen molar-refractivity contribution in [1.29, 1.82) is 0 Å². The fourth-order valence-electron chi connectivity index (χ4n) is 16.8. The molecular weight excluding hydrogens is 911 g/mol. The van der Waals surface area contributed by atoms with Gasteiger partial charge in [0, 0.05) is 60.4 Å². The van der Waals surface area contributed by atoms with Crippen molar-refractivity contribution in [2.45, 2.75) is 113 Å². The molecule has 2 heterocycles. The minimum Gasteiger partial charge on any atom is -0.456 e. The predicted molar refractivity (Wildman–Crippen MR) is 309 cm³/mol. The van der Waals surface area contributed by atoms with Crippen LogP contribution in [-0.4, -0.2) is 0 Å². The number of fused-ring (bicyclic) bond motifs is 23. The first-order valence-electron chi connectivity index (χ1n) is 28.5. The van der Waals surface area contributed by atoms with E-state index in [0.29, 0.717) is 0 Å². The van der Waals surface area contributed by atoms with Gasteiger partial charge in [-0.2, -0.15) is 0 Å². The molecule has 3 spiro atoms. The van der Waals surface area contributed by atoms with Crippen molar-refractivity contribution in [3.63, 3.8) is 0 Å². The van der Waals surface area contributed by atoms with E-state index in [1.165, 1.54) is 183 Å². The molecule has 0 bridgehead atoms. The smallest absolute Gasteiger partial charge is 0.143 e. The van der Waals surface area contributed by atoms with E-state index in [9.17, 15) is 0 Å². The minimum atomic E-state index is -0.0911. The number of nitrogens with zero attached hydrogens (tertiary/aromatic N) is 1. The second-order valence-corrected chi connectivity index (χ2v) is 23.5. The monoisotopic (exact) mass is 969 g/mol. The molecule has 3 fully saturated rings. The fraction of sp³-hybridized carbons (Fsp3) is 0.250. The van der Waals surface area contributed by atoms with E-state index < -0.39 is 0 Å². The fourth-order valence-corrected chi connectivity index (χ4v) is 16.8. The number of rotatable bonds is 4. The number of hydrogen-bond acceptors (Lipinski definition) is 3. The zero-order valence-corrected chi connectivity index (χ0v) is 42.6. The molecule has 364 valence electrons. The van der Waals surface area contributed by atoms with E-state index in [1.54, 1.807) is 16.7 Å². The van der Waals surface area contributed by atoms with Gasteiger partial charge in [0.15, 0.2) is 0 Å². The number of hydrogen-bond donors (Lipinski definition) is 0. The highest BCUT2D eigenvalue weighted by atomic mass is 16.3. The Morgan fingerprint density at radius 3 is 1.48 bits per heavy atom. The van der Waals surface area contributed by atoms with Crippen molar-refractivity contribution in [1.82, 2.24) is 0 Å². The normalized spacial score (nSPS) is 18.2. The van der Waals surface area contributed by atoms with E-state index >= 15 is 0 Å². The summed E-state index contributed by atoms with van der Waals surface area (Å²) in [7, 11) is 0. The highest BCUT2D eigenvalue weighted by Crippen LogP contribution is 2.65. The SMILES string of the molecule is c1ccc(-c2cc3c(c4c2oc2ccccc24)-c2ccc(N(c4ccccc4)c4ccc5c(c4)C4(CCCCC4)c4cc6c(cc4-5)C4(CCCCC4)c4ccc5oc7ccccc7c5c4-6)cc2C32CCCCC2)cc1. The maximum atomic E-state index is 6.92. The Morgan fingerprint density at radius 2 is 0.800 bits per heavy atom. The lowest BCUT2D eigenvalue weighted by Crippen LogP contribution is -2.29. The Balaban J connectivity index is 0.863.